The predicted octanol–water partition coefficient (Wildman–Crippen LogP) is 2.38. The van der Waals surface area contributed by atoms with E-state index in [1.54, 1.807) is 30.3 Å². The monoisotopic (exact) mass is 488 g/mol. The van der Waals surface area contributed by atoms with Gasteiger partial charge in [-0.05, 0) is 30.3 Å². The molecule has 0 radical (unpaired) electrons. The molecule has 4 aromatic rings. The molecule has 12 heteroatoms. The highest BCUT2D eigenvalue weighted by Crippen LogP contribution is 2.26. The number of carbonyl (C=O) groups excluding carboxylic acids is 3. The molecule has 4 aromatic heterocycles. The molecule has 36 heavy (non-hydrogen) atoms. The number of ketones is 2. The molecule has 11 nitrogen and oxygen atoms in total. The minimum atomic E-state index is -1.33. The van der Waals surface area contributed by atoms with Crippen LogP contribution in [0.1, 0.15) is 34.3 Å². The van der Waals surface area contributed by atoms with E-state index in [-0.39, 0.29) is 36.7 Å². The summed E-state index contributed by atoms with van der Waals surface area (Å²) in [5.41, 5.74) is 0.778. The minimum Gasteiger partial charge on any atom is -0.328 e. The van der Waals surface area contributed by atoms with Crippen LogP contribution in [0.2, 0.25) is 0 Å². The average molecular weight is 488 g/mol. The van der Waals surface area contributed by atoms with E-state index in [1.165, 1.54) is 41.2 Å². The van der Waals surface area contributed by atoms with Gasteiger partial charge < -0.3 is 10.2 Å². The summed E-state index contributed by atoms with van der Waals surface area (Å²) >= 11 is 0. The lowest BCUT2D eigenvalue weighted by atomic mass is 10.1. The first-order chi connectivity index (χ1) is 17.4. The number of likely N-dealkylation sites (tertiary alicyclic amines) is 1. The van der Waals surface area contributed by atoms with Crippen LogP contribution in [0.15, 0.2) is 55.0 Å². The lowest BCUT2D eigenvalue weighted by Crippen LogP contribution is -2.42. The molecule has 1 fully saturated rings. The second-order valence-corrected chi connectivity index (χ2v) is 8.36. The Morgan fingerprint density at radius 1 is 1.11 bits per heavy atom. The molecular formula is C24H21FN8O3. The number of alkyl halides is 1. The van der Waals surface area contributed by atoms with Crippen LogP contribution in [0.4, 0.5) is 16.0 Å². The topological polar surface area (TPSA) is 136 Å². The zero-order valence-corrected chi connectivity index (χ0v) is 19.2. The summed E-state index contributed by atoms with van der Waals surface area (Å²) in [4.78, 5) is 48.1. The Labute approximate surface area is 204 Å². The Morgan fingerprint density at radius 2 is 1.97 bits per heavy atom. The maximum absolute atomic E-state index is 14.3. The quantitative estimate of drug-likeness (QED) is 0.389. The van der Waals surface area contributed by atoms with Crippen LogP contribution >= 0.6 is 0 Å². The fourth-order valence-electron chi connectivity index (χ4n) is 4.23. The van der Waals surface area contributed by atoms with Gasteiger partial charge in [0.1, 0.15) is 29.9 Å². The molecule has 1 aliphatic heterocycles. The molecule has 1 aliphatic rings. The fourth-order valence-corrected chi connectivity index (χ4v) is 4.23. The number of fused-ring (bicyclic) bond motifs is 1. The molecule has 0 unspecified atom stereocenters. The molecule has 2 atom stereocenters. The van der Waals surface area contributed by atoms with Gasteiger partial charge in [-0.3, -0.25) is 24.0 Å². The average Bonchev–Trinajstić information content (AvgIpc) is 3.45. The summed E-state index contributed by atoms with van der Waals surface area (Å²) in [6, 6.07) is 8.97. The van der Waals surface area contributed by atoms with Gasteiger partial charge in [0.05, 0.1) is 24.3 Å². The van der Waals surface area contributed by atoms with Crippen molar-refractivity contribution >= 4 is 40.0 Å². The summed E-state index contributed by atoms with van der Waals surface area (Å²) in [6.45, 7) is 0.881. The minimum absolute atomic E-state index is 0.0985. The second kappa shape index (κ2) is 9.56. The van der Waals surface area contributed by atoms with Crippen molar-refractivity contribution in [2.24, 2.45) is 0 Å². The van der Waals surface area contributed by atoms with Gasteiger partial charge in [0.2, 0.25) is 11.7 Å². The molecule has 0 aromatic carbocycles. The van der Waals surface area contributed by atoms with Gasteiger partial charge in [-0.1, -0.05) is 6.07 Å². The first-order valence-electron chi connectivity index (χ1n) is 11.2. The standard InChI is InChI=1S/C24H21FN8O3/c1-14(34)23-16-10-21(29-20-6-4-8-28-30-20)27-11-19(16)33(31-23)13-22(35)32-12-15(25)9-18(32)24(36)17-5-2-3-7-26-17/h2-8,10-11,15,18H,9,12-13H2,1H3,(H,27,29,30)/t15-,18+/m1/s1. The second-order valence-electron chi connectivity index (χ2n) is 8.36. The number of nitrogens with one attached hydrogen (secondary N) is 1. The van der Waals surface area contributed by atoms with E-state index in [1.807, 2.05) is 0 Å². The number of hydrogen-bond donors (Lipinski definition) is 1. The lowest BCUT2D eigenvalue weighted by Gasteiger charge is -2.23. The number of nitrogens with zero attached hydrogens (tertiary/aromatic N) is 7. The number of anilines is 2. The van der Waals surface area contributed by atoms with E-state index in [0.717, 1.165) is 0 Å². The number of halogens is 1. The number of pyridine rings is 2. The number of rotatable bonds is 7. The third kappa shape index (κ3) is 4.52. The molecule has 1 amide bonds. The summed E-state index contributed by atoms with van der Waals surface area (Å²) in [5, 5.41) is 15.6. The molecule has 1 saturated heterocycles. The SMILES string of the molecule is CC(=O)c1nn(CC(=O)N2C[C@H](F)C[C@H]2C(=O)c2ccccn2)c2cnc(Nc3cccnn3)cc12. The Hall–Kier alpha value is -4.61. The normalized spacial score (nSPS) is 17.3. The van der Waals surface area contributed by atoms with Crippen LogP contribution in [0.5, 0.6) is 0 Å². The summed E-state index contributed by atoms with van der Waals surface area (Å²) < 4.78 is 15.7. The summed E-state index contributed by atoms with van der Waals surface area (Å²) in [6.07, 6.45) is 3.07. The molecule has 182 valence electrons. The molecule has 5 heterocycles. The Morgan fingerprint density at radius 3 is 2.69 bits per heavy atom. The predicted molar refractivity (Wildman–Crippen MR) is 126 cm³/mol. The molecule has 1 N–H and O–H groups in total. The third-order valence-electron chi connectivity index (χ3n) is 5.87. The Bertz CT molecular complexity index is 1440. The fraction of sp³-hybridized carbons (Fsp3) is 0.250. The number of aromatic nitrogens is 6. The van der Waals surface area contributed by atoms with E-state index in [4.69, 9.17) is 0 Å². The molecule has 5 rings (SSSR count). The Balaban J connectivity index is 1.42. The number of carbonyl (C=O) groups is 3. The Kier molecular flexibility index (Phi) is 6.15. The van der Waals surface area contributed by atoms with Crippen molar-refractivity contribution in [1.29, 1.82) is 0 Å². The van der Waals surface area contributed by atoms with E-state index in [9.17, 15) is 18.8 Å². The van der Waals surface area contributed by atoms with Crippen molar-refractivity contribution in [3.63, 3.8) is 0 Å². The highest BCUT2D eigenvalue weighted by Gasteiger charge is 2.40. The van der Waals surface area contributed by atoms with Gasteiger partial charge in [-0.2, -0.15) is 10.2 Å². The first kappa shape index (κ1) is 23.1. The lowest BCUT2D eigenvalue weighted by molar-refractivity contribution is -0.132. The maximum Gasteiger partial charge on any atom is 0.245 e. The number of amides is 1. The van der Waals surface area contributed by atoms with Crippen molar-refractivity contribution < 1.29 is 18.8 Å². The molecule has 0 bridgehead atoms. The number of Topliss-reactive ketones (excluding diaryl/α,β-unsaturated/α-hetero) is 2. The maximum atomic E-state index is 14.3. The van der Waals surface area contributed by atoms with Crippen molar-refractivity contribution in [3.8, 4) is 0 Å². The molecule has 0 saturated carbocycles. The van der Waals surface area contributed by atoms with Gasteiger partial charge in [-0.15, -0.1) is 5.10 Å². The highest BCUT2D eigenvalue weighted by molar-refractivity contribution is 6.05. The van der Waals surface area contributed by atoms with Crippen LogP contribution in [-0.4, -0.2) is 71.1 Å². The summed E-state index contributed by atoms with van der Waals surface area (Å²) in [7, 11) is 0. The molecule has 0 spiro atoms. The van der Waals surface area contributed by atoms with Gasteiger partial charge in [-0.25, -0.2) is 9.37 Å². The highest BCUT2D eigenvalue weighted by atomic mass is 19.1. The van der Waals surface area contributed by atoms with Gasteiger partial charge in [0.15, 0.2) is 11.6 Å². The molecule has 0 aliphatic carbocycles. The number of hydrogen-bond acceptors (Lipinski definition) is 9. The van der Waals surface area contributed by atoms with Crippen LogP contribution < -0.4 is 5.32 Å². The smallest absolute Gasteiger partial charge is 0.245 e. The van der Waals surface area contributed by atoms with Crippen molar-refractivity contribution in [2.45, 2.75) is 32.1 Å². The largest absolute Gasteiger partial charge is 0.328 e. The van der Waals surface area contributed by atoms with Gasteiger partial charge in [0.25, 0.3) is 0 Å². The van der Waals surface area contributed by atoms with Crippen molar-refractivity contribution in [1.82, 2.24) is 34.8 Å². The molecular weight excluding hydrogens is 467 g/mol. The van der Waals surface area contributed by atoms with E-state index in [2.05, 4.69) is 30.6 Å². The van der Waals surface area contributed by atoms with Crippen LogP contribution in [0.3, 0.4) is 0 Å². The van der Waals surface area contributed by atoms with Gasteiger partial charge >= 0.3 is 0 Å². The van der Waals surface area contributed by atoms with Crippen LogP contribution in [0.25, 0.3) is 10.9 Å². The van der Waals surface area contributed by atoms with Gasteiger partial charge in [0, 0.05) is 31.1 Å². The van der Waals surface area contributed by atoms with E-state index >= 15 is 0 Å². The van der Waals surface area contributed by atoms with Crippen molar-refractivity contribution in [3.05, 3.63) is 66.4 Å². The zero-order chi connectivity index (χ0) is 25.2. The van der Waals surface area contributed by atoms with E-state index < -0.39 is 23.9 Å². The van der Waals surface area contributed by atoms with Crippen LogP contribution in [-0.2, 0) is 11.3 Å². The van der Waals surface area contributed by atoms with Crippen LogP contribution in [0, 0.1) is 0 Å². The first-order valence-corrected chi connectivity index (χ1v) is 11.2. The van der Waals surface area contributed by atoms with Crippen molar-refractivity contribution in [2.75, 3.05) is 11.9 Å². The third-order valence-corrected chi connectivity index (χ3v) is 5.87. The zero-order valence-electron chi connectivity index (χ0n) is 19.2. The van der Waals surface area contributed by atoms with E-state index in [0.29, 0.717) is 22.5 Å². The summed E-state index contributed by atoms with van der Waals surface area (Å²) in [5.74, 6) is -0.325.